The normalized spacial score (nSPS) is 12.5. The monoisotopic (exact) mass is 385 g/mol. The molecule has 19 heavy (non-hydrogen) atoms. The first-order valence-corrected chi connectivity index (χ1v) is 7.46. The summed E-state index contributed by atoms with van der Waals surface area (Å²) in [6.07, 6.45) is 0. The predicted molar refractivity (Wildman–Crippen MR) is 83.7 cm³/mol. The molecule has 0 saturated carbocycles. The number of hydrogen-bond donors (Lipinski definition) is 1. The second-order valence-electron chi connectivity index (χ2n) is 4.58. The zero-order chi connectivity index (χ0) is 14.2. The fourth-order valence-corrected chi connectivity index (χ4v) is 2.91. The van der Waals surface area contributed by atoms with Crippen LogP contribution >= 0.6 is 31.9 Å². The number of aryl methyl sites for hydroxylation is 2. The first-order valence-electron chi connectivity index (χ1n) is 5.88. The van der Waals surface area contributed by atoms with Crippen molar-refractivity contribution < 1.29 is 4.39 Å². The van der Waals surface area contributed by atoms with Gasteiger partial charge >= 0.3 is 0 Å². The van der Waals surface area contributed by atoms with E-state index in [1.807, 2.05) is 26.0 Å². The third kappa shape index (κ3) is 2.91. The lowest BCUT2D eigenvalue weighted by molar-refractivity contribution is 0.593. The highest BCUT2D eigenvalue weighted by molar-refractivity contribution is 9.10. The summed E-state index contributed by atoms with van der Waals surface area (Å²) in [5, 5.41) is 0. The van der Waals surface area contributed by atoms with Crippen LogP contribution in [0.25, 0.3) is 0 Å². The van der Waals surface area contributed by atoms with E-state index >= 15 is 0 Å². The Bertz CT molecular complexity index is 626. The van der Waals surface area contributed by atoms with Crippen LogP contribution in [-0.4, -0.2) is 0 Å². The number of rotatable bonds is 2. The minimum atomic E-state index is -0.468. The van der Waals surface area contributed by atoms with Gasteiger partial charge in [-0.3, -0.25) is 0 Å². The molecule has 0 heterocycles. The van der Waals surface area contributed by atoms with E-state index in [4.69, 9.17) is 5.73 Å². The lowest BCUT2D eigenvalue weighted by atomic mass is 9.94. The van der Waals surface area contributed by atoms with Crippen molar-refractivity contribution in [3.63, 3.8) is 0 Å². The molecule has 100 valence electrons. The summed E-state index contributed by atoms with van der Waals surface area (Å²) in [4.78, 5) is 0. The topological polar surface area (TPSA) is 26.0 Å². The molecular formula is C15H14Br2FN. The van der Waals surface area contributed by atoms with E-state index in [9.17, 15) is 4.39 Å². The molecule has 0 bridgehead atoms. The van der Waals surface area contributed by atoms with Gasteiger partial charge in [-0.1, -0.05) is 34.1 Å². The second kappa shape index (κ2) is 5.73. The molecule has 0 aromatic heterocycles. The molecule has 4 heteroatoms. The molecule has 1 atom stereocenters. The van der Waals surface area contributed by atoms with Crippen molar-refractivity contribution in [1.82, 2.24) is 0 Å². The molecule has 2 rings (SSSR count). The second-order valence-corrected chi connectivity index (χ2v) is 6.29. The summed E-state index contributed by atoms with van der Waals surface area (Å²) < 4.78 is 15.6. The number of nitrogens with two attached hydrogens (primary N) is 1. The molecule has 2 aromatic carbocycles. The summed E-state index contributed by atoms with van der Waals surface area (Å²) in [5.74, 6) is -0.296. The zero-order valence-corrected chi connectivity index (χ0v) is 13.8. The van der Waals surface area contributed by atoms with E-state index < -0.39 is 6.04 Å². The van der Waals surface area contributed by atoms with E-state index in [-0.39, 0.29) is 5.82 Å². The first-order chi connectivity index (χ1) is 8.91. The Morgan fingerprint density at radius 3 is 2.37 bits per heavy atom. The number of benzene rings is 2. The van der Waals surface area contributed by atoms with Gasteiger partial charge in [-0.05, 0) is 58.6 Å². The van der Waals surface area contributed by atoms with Crippen LogP contribution in [0.5, 0.6) is 0 Å². The van der Waals surface area contributed by atoms with Gasteiger partial charge in [-0.2, -0.15) is 0 Å². The van der Waals surface area contributed by atoms with E-state index in [1.54, 1.807) is 18.2 Å². The molecule has 0 fully saturated rings. The third-order valence-electron chi connectivity index (χ3n) is 3.20. The van der Waals surface area contributed by atoms with Crippen LogP contribution in [-0.2, 0) is 0 Å². The van der Waals surface area contributed by atoms with Crippen molar-refractivity contribution in [2.24, 2.45) is 5.73 Å². The maximum absolute atomic E-state index is 14.1. The lowest BCUT2D eigenvalue weighted by Crippen LogP contribution is -2.15. The standard InChI is InChI=1S/C15H14Br2FN/c1-8-7-13(17)9(2)6-11(8)15(19)10-4-3-5-12(16)14(10)18/h3-7,15H,19H2,1-2H3. The van der Waals surface area contributed by atoms with Gasteiger partial charge < -0.3 is 5.73 Å². The molecule has 0 spiro atoms. The SMILES string of the molecule is Cc1cc(C(N)c2cccc(Br)c2F)c(C)cc1Br. The first kappa shape index (κ1) is 14.7. The minimum absolute atomic E-state index is 0.296. The average molecular weight is 387 g/mol. The van der Waals surface area contributed by atoms with Crippen LogP contribution in [0.4, 0.5) is 4.39 Å². The van der Waals surface area contributed by atoms with Crippen molar-refractivity contribution in [2.75, 3.05) is 0 Å². The largest absolute Gasteiger partial charge is 0.320 e. The quantitative estimate of drug-likeness (QED) is 0.770. The van der Waals surface area contributed by atoms with Gasteiger partial charge in [0.2, 0.25) is 0 Å². The van der Waals surface area contributed by atoms with Crippen molar-refractivity contribution in [3.8, 4) is 0 Å². The van der Waals surface area contributed by atoms with E-state index in [1.165, 1.54) is 0 Å². The highest BCUT2D eigenvalue weighted by Gasteiger charge is 2.17. The molecule has 2 aromatic rings. The van der Waals surface area contributed by atoms with Crippen LogP contribution in [0.1, 0.15) is 28.3 Å². The molecule has 0 amide bonds. The summed E-state index contributed by atoms with van der Waals surface area (Å²) in [5.41, 5.74) is 9.81. The van der Waals surface area contributed by atoms with Gasteiger partial charge in [0.1, 0.15) is 5.82 Å². The highest BCUT2D eigenvalue weighted by Crippen LogP contribution is 2.31. The summed E-state index contributed by atoms with van der Waals surface area (Å²) in [7, 11) is 0. The molecule has 1 nitrogen and oxygen atoms in total. The maximum atomic E-state index is 14.1. The van der Waals surface area contributed by atoms with E-state index in [2.05, 4.69) is 31.9 Å². The Morgan fingerprint density at radius 1 is 1.00 bits per heavy atom. The molecule has 0 aliphatic rings. The van der Waals surface area contributed by atoms with Crippen molar-refractivity contribution in [2.45, 2.75) is 19.9 Å². The van der Waals surface area contributed by atoms with Crippen LogP contribution in [0.15, 0.2) is 39.3 Å². The van der Waals surface area contributed by atoms with Gasteiger partial charge in [0.25, 0.3) is 0 Å². The molecule has 1 unspecified atom stereocenters. The Kier molecular flexibility index (Phi) is 4.43. The predicted octanol–water partition coefficient (Wildman–Crippen LogP) is 5.02. The molecular weight excluding hydrogens is 373 g/mol. The molecule has 2 N–H and O–H groups in total. The molecule has 0 aliphatic heterocycles. The van der Waals surface area contributed by atoms with Gasteiger partial charge in [0.15, 0.2) is 0 Å². The number of halogens is 3. The van der Waals surface area contributed by atoms with Gasteiger partial charge in [-0.25, -0.2) is 4.39 Å². The lowest BCUT2D eigenvalue weighted by Gasteiger charge is -2.18. The van der Waals surface area contributed by atoms with Crippen molar-refractivity contribution in [3.05, 3.63) is 67.3 Å². The average Bonchev–Trinajstić information content (AvgIpc) is 2.36. The van der Waals surface area contributed by atoms with Crippen LogP contribution in [0, 0.1) is 19.7 Å². The molecule has 0 aliphatic carbocycles. The summed E-state index contributed by atoms with van der Waals surface area (Å²) in [6.45, 7) is 3.98. The molecule has 0 saturated heterocycles. The zero-order valence-electron chi connectivity index (χ0n) is 10.7. The fourth-order valence-electron chi connectivity index (χ4n) is 2.07. The van der Waals surface area contributed by atoms with Crippen LogP contribution in [0.2, 0.25) is 0 Å². The smallest absolute Gasteiger partial charge is 0.142 e. The van der Waals surface area contributed by atoms with Crippen molar-refractivity contribution >= 4 is 31.9 Å². The van der Waals surface area contributed by atoms with E-state index in [0.717, 1.165) is 21.2 Å². The van der Waals surface area contributed by atoms with Crippen molar-refractivity contribution in [1.29, 1.82) is 0 Å². The van der Waals surface area contributed by atoms with Crippen LogP contribution in [0.3, 0.4) is 0 Å². The summed E-state index contributed by atoms with van der Waals surface area (Å²) >= 11 is 6.68. The Labute approximate surface area is 129 Å². The maximum Gasteiger partial charge on any atom is 0.142 e. The van der Waals surface area contributed by atoms with Gasteiger partial charge in [-0.15, -0.1) is 0 Å². The minimum Gasteiger partial charge on any atom is -0.320 e. The van der Waals surface area contributed by atoms with Gasteiger partial charge in [0, 0.05) is 10.0 Å². The Hall–Kier alpha value is -0.710. The highest BCUT2D eigenvalue weighted by atomic mass is 79.9. The third-order valence-corrected chi connectivity index (χ3v) is 4.67. The number of hydrogen-bond acceptors (Lipinski definition) is 1. The fraction of sp³-hybridized carbons (Fsp3) is 0.200. The van der Waals surface area contributed by atoms with E-state index in [0.29, 0.717) is 10.0 Å². The van der Waals surface area contributed by atoms with Gasteiger partial charge in [0.05, 0.1) is 10.5 Å². The molecule has 0 radical (unpaired) electrons. The Morgan fingerprint density at radius 2 is 1.68 bits per heavy atom. The summed E-state index contributed by atoms with van der Waals surface area (Å²) in [6, 6.07) is 8.74. The van der Waals surface area contributed by atoms with Crippen LogP contribution < -0.4 is 5.73 Å². The Balaban J connectivity index is 2.53.